The number of carbonyl (C=O) groups excluding carboxylic acids is 2. The molecular formula is C17H17Cl2N3O2. The van der Waals surface area contributed by atoms with Gasteiger partial charge in [0.2, 0.25) is 5.91 Å². The number of nitrogens with two attached hydrogens (primary N) is 1. The molecule has 0 bridgehead atoms. The van der Waals surface area contributed by atoms with Gasteiger partial charge in [0.25, 0.3) is 0 Å². The van der Waals surface area contributed by atoms with Crippen molar-refractivity contribution >= 4 is 35.1 Å². The van der Waals surface area contributed by atoms with E-state index in [4.69, 9.17) is 28.9 Å². The van der Waals surface area contributed by atoms with Crippen molar-refractivity contribution < 1.29 is 9.59 Å². The monoisotopic (exact) mass is 365 g/mol. The maximum atomic E-state index is 12.4. The molecule has 24 heavy (non-hydrogen) atoms. The minimum Gasteiger partial charge on any atom is -0.351 e. The molecule has 0 radical (unpaired) electrons. The molecule has 0 aliphatic heterocycles. The van der Waals surface area contributed by atoms with E-state index in [9.17, 15) is 9.59 Å². The Morgan fingerprint density at radius 2 is 1.79 bits per heavy atom. The van der Waals surface area contributed by atoms with E-state index in [1.807, 2.05) is 24.3 Å². The van der Waals surface area contributed by atoms with Crippen molar-refractivity contribution in [2.75, 3.05) is 7.05 Å². The van der Waals surface area contributed by atoms with Crippen LogP contribution < -0.4 is 11.1 Å². The third kappa shape index (κ3) is 4.47. The second kappa shape index (κ2) is 8.15. The first-order chi connectivity index (χ1) is 11.4. The highest BCUT2D eigenvalue weighted by atomic mass is 35.5. The van der Waals surface area contributed by atoms with Crippen LogP contribution in [-0.2, 0) is 11.3 Å². The zero-order valence-electron chi connectivity index (χ0n) is 13.0. The molecule has 0 aromatic heterocycles. The van der Waals surface area contributed by atoms with Gasteiger partial charge in [-0.2, -0.15) is 0 Å². The molecule has 5 nitrogen and oxygen atoms in total. The van der Waals surface area contributed by atoms with E-state index in [0.717, 1.165) is 11.1 Å². The number of halogens is 2. The summed E-state index contributed by atoms with van der Waals surface area (Å²) in [5.74, 6) is -0.505. The van der Waals surface area contributed by atoms with E-state index in [0.29, 0.717) is 16.6 Å². The zero-order chi connectivity index (χ0) is 17.7. The SMILES string of the molecule is CN(Cc1cccc(Cl)c1Cl)C(C(=O)NC(N)=O)c1ccccc1. The minimum absolute atomic E-state index is 0.366. The molecule has 1 unspecified atom stereocenters. The standard InChI is InChI=1S/C17H17Cl2N3O2/c1-22(10-12-8-5-9-13(18)14(12)19)15(16(23)21-17(20)24)11-6-3-2-4-7-11/h2-9,15H,10H2,1H3,(H3,20,21,23,24). The van der Waals surface area contributed by atoms with Crippen LogP contribution in [0, 0.1) is 0 Å². The molecule has 2 rings (SSSR count). The van der Waals surface area contributed by atoms with E-state index in [2.05, 4.69) is 5.32 Å². The van der Waals surface area contributed by atoms with Crippen molar-refractivity contribution in [1.29, 1.82) is 0 Å². The van der Waals surface area contributed by atoms with E-state index < -0.39 is 18.0 Å². The molecule has 0 aliphatic rings. The molecule has 2 aromatic carbocycles. The lowest BCUT2D eigenvalue weighted by Gasteiger charge is -2.27. The molecule has 2 aromatic rings. The van der Waals surface area contributed by atoms with Gasteiger partial charge in [0.1, 0.15) is 6.04 Å². The van der Waals surface area contributed by atoms with Crippen molar-refractivity contribution in [3.63, 3.8) is 0 Å². The third-order valence-electron chi connectivity index (χ3n) is 3.50. The van der Waals surface area contributed by atoms with Crippen LogP contribution in [0.1, 0.15) is 17.2 Å². The third-order valence-corrected chi connectivity index (χ3v) is 4.36. The van der Waals surface area contributed by atoms with Crippen LogP contribution >= 0.6 is 23.2 Å². The lowest BCUT2D eigenvalue weighted by molar-refractivity contribution is -0.125. The summed E-state index contributed by atoms with van der Waals surface area (Å²) in [6.45, 7) is 0.366. The van der Waals surface area contributed by atoms with E-state index in [1.165, 1.54) is 0 Å². The van der Waals surface area contributed by atoms with E-state index >= 15 is 0 Å². The topological polar surface area (TPSA) is 75.4 Å². The van der Waals surface area contributed by atoms with Gasteiger partial charge in [0.15, 0.2) is 0 Å². The van der Waals surface area contributed by atoms with Gasteiger partial charge in [-0.05, 0) is 24.2 Å². The summed E-state index contributed by atoms with van der Waals surface area (Å²) in [5, 5.41) is 3.02. The Morgan fingerprint density at radius 1 is 1.12 bits per heavy atom. The highest BCUT2D eigenvalue weighted by Crippen LogP contribution is 2.29. The predicted octanol–water partition coefficient (Wildman–Crippen LogP) is 3.36. The number of rotatable bonds is 5. The normalized spacial score (nSPS) is 12.0. The van der Waals surface area contributed by atoms with E-state index in [1.54, 1.807) is 36.2 Å². The first-order valence-electron chi connectivity index (χ1n) is 7.18. The van der Waals surface area contributed by atoms with Gasteiger partial charge in [0.05, 0.1) is 10.0 Å². The smallest absolute Gasteiger partial charge is 0.318 e. The number of carbonyl (C=O) groups is 2. The Labute approximate surface area is 150 Å². The number of hydrogen-bond donors (Lipinski definition) is 2. The van der Waals surface area contributed by atoms with E-state index in [-0.39, 0.29) is 0 Å². The highest BCUT2D eigenvalue weighted by Gasteiger charge is 2.26. The molecule has 0 fully saturated rings. The maximum absolute atomic E-state index is 12.4. The number of hydrogen-bond acceptors (Lipinski definition) is 3. The van der Waals surface area contributed by atoms with Crippen molar-refractivity contribution in [3.05, 3.63) is 69.7 Å². The average molecular weight is 366 g/mol. The number of primary amides is 1. The molecule has 0 saturated carbocycles. The van der Waals surface area contributed by atoms with Crippen molar-refractivity contribution in [3.8, 4) is 0 Å². The van der Waals surface area contributed by atoms with Crippen LogP contribution in [0.2, 0.25) is 10.0 Å². The highest BCUT2D eigenvalue weighted by molar-refractivity contribution is 6.42. The first-order valence-corrected chi connectivity index (χ1v) is 7.94. The summed E-state index contributed by atoms with van der Waals surface area (Å²) in [4.78, 5) is 25.3. The van der Waals surface area contributed by atoms with Gasteiger partial charge >= 0.3 is 6.03 Å². The molecular weight excluding hydrogens is 349 g/mol. The van der Waals surface area contributed by atoms with Crippen molar-refractivity contribution in [1.82, 2.24) is 10.2 Å². The Bertz CT molecular complexity index is 738. The van der Waals surface area contributed by atoms with Crippen molar-refractivity contribution in [2.45, 2.75) is 12.6 Å². The molecule has 3 amide bonds. The lowest BCUT2D eigenvalue weighted by Crippen LogP contribution is -2.43. The number of likely N-dealkylation sites (N-methyl/N-ethyl adjacent to an activating group) is 1. The second-order valence-electron chi connectivity index (χ2n) is 5.29. The van der Waals surface area contributed by atoms with Crippen LogP contribution in [0.15, 0.2) is 48.5 Å². The lowest BCUT2D eigenvalue weighted by atomic mass is 10.0. The summed E-state index contributed by atoms with van der Waals surface area (Å²) in [6, 6.07) is 12.8. The summed E-state index contributed by atoms with van der Waals surface area (Å²) in [5.41, 5.74) is 6.59. The minimum atomic E-state index is -0.893. The number of nitrogens with zero attached hydrogens (tertiary/aromatic N) is 1. The van der Waals surface area contributed by atoms with Crippen LogP contribution in [-0.4, -0.2) is 23.9 Å². The first kappa shape index (κ1) is 18.3. The van der Waals surface area contributed by atoms with Crippen LogP contribution in [0.25, 0.3) is 0 Å². The van der Waals surface area contributed by atoms with Gasteiger partial charge in [-0.3, -0.25) is 15.0 Å². The fourth-order valence-corrected chi connectivity index (χ4v) is 2.84. The number of amides is 3. The molecule has 0 spiro atoms. The Kier molecular flexibility index (Phi) is 6.20. The van der Waals surface area contributed by atoms with Crippen LogP contribution in [0.5, 0.6) is 0 Å². The van der Waals surface area contributed by atoms with Gasteiger partial charge in [0, 0.05) is 6.54 Å². The van der Waals surface area contributed by atoms with Gasteiger partial charge in [-0.1, -0.05) is 65.7 Å². The largest absolute Gasteiger partial charge is 0.351 e. The Hall–Kier alpha value is -2.08. The zero-order valence-corrected chi connectivity index (χ0v) is 14.5. The quantitative estimate of drug-likeness (QED) is 0.852. The second-order valence-corrected chi connectivity index (χ2v) is 6.08. The molecule has 0 heterocycles. The Morgan fingerprint density at radius 3 is 2.42 bits per heavy atom. The molecule has 7 heteroatoms. The molecule has 0 aliphatic carbocycles. The fraction of sp³-hybridized carbons (Fsp3) is 0.176. The van der Waals surface area contributed by atoms with Gasteiger partial charge < -0.3 is 5.73 Å². The van der Waals surface area contributed by atoms with Crippen LogP contribution in [0.3, 0.4) is 0 Å². The molecule has 126 valence electrons. The predicted molar refractivity (Wildman–Crippen MR) is 94.8 cm³/mol. The number of benzene rings is 2. The average Bonchev–Trinajstić information content (AvgIpc) is 2.52. The van der Waals surface area contributed by atoms with Gasteiger partial charge in [-0.15, -0.1) is 0 Å². The maximum Gasteiger partial charge on any atom is 0.318 e. The van der Waals surface area contributed by atoms with Gasteiger partial charge in [-0.25, -0.2) is 4.79 Å². The molecule has 0 saturated heterocycles. The number of imide groups is 1. The summed E-state index contributed by atoms with van der Waals surface area (Å²) in [6.07, 6.45) is 0. The molecule has 3 N–H and O–H groups in total. The Balaban J connectivity index is 2.30. The molecule has 1 atom stereocenters. The van der Waals surface area contributed by atoms with Crippen molar-refractivity contribution in [2.24, 2.45) is 5.73 Å². The van der Waals surface area contributed by atoms with Crippen LogP contribution in [0.4, 0.5) is 4.79 Å². The summed E-state index contributed by atoms with van der Waals surface area (Å²) in [7, 11) is 1.76. The number of urea groups is 1. The fourth-order valence-electron chi connectivity index (χ4n) is 2.46. The number of nitrogens with one attached hydrogen (secondary N) is 1. The summed E-state index contributed by atoms with van der Waals surface area (Å²) < 4.78 is 0. The summed E-state index contributed by atoms with van der Waals surface area (Å²) >= 11 is 12.3.